The molecule has 10 aromatic rings. The summed E-state index contributed by atoms with van der Waals surface area (Å²) >= 11 is 0. The molecule has 2 fully saturated rings. The molecule has 2 amide bonds. The van der Waals surface area contributed by atoms with Crippen LogP contribution in [-0.4, -0.2) is 72.6 Å². The fourth-order valence-electron chi connectivity index (χ4n) is 10.9. The lowest BCUT2D eigenvalue weighted by molar-refractivity contribution is 0.101. The average Bonchev–Trinajstić information content (AvgIpc) is 4.27. The lowest BCUT2D eigenvalue weighted by Gasteiger charge is -2.24. The zero-order valence-corrected chi connectivity index (χ0v) is 43.6. The van der Waals surface area contributed by atoms with Gasteiger partial charge in [-0.25, -0.2) is 36.6 Å². The molecule has 6 aromatic heterocycles. The number of carbonyl (C=O) groups excluding carboxylic acids is 2. The summed E-state index contributed by atoms with van der Waals surface area (Å²) in [5.41, 5.74) is 16.2. The molecule has 416 valence electrons. The van der Waals surface area contributed by atoms with Gasteiger partial charge in [0.15, 0.2) is 11.6 Å². The van der Waals surface area contributed by atoms with Gasteiger partial charge in [-0.2, -0.15) is 10.2 Å². The van der Waals surface area contributed by atoms with Crippen molar-refractivity contribution >= 4 is 45.9 Å². The van der Waals surface area contributed by atoms with E-state index in [1.807, 2.05) is 12.1 Å². The number of pyridine rings is 2. The van der Waals surface area contributed by atoms with Crippen LogP contribution in [0.15, 0.2) is 156 Å². The van der Waals surface area contributed by atoms with Gasteiger partial charge in [0, 0.05) is 80.6 Å². The van der Waals surface area contributed by atoms with Gasteiger partial charge in [-0.1, -0.05) is 0 Å². The van der Waals surface area contributed by atoms with E-state index in [0.29, 0.717) is 59.2 Å². The van der Waals surface area contributed by atoms with Crippen LogP contribution in [0.1, 0.15) is 95.3 Å². The Morgan fingerprint density at radius 2 is 0.878 bits per heavy atom. The van der Waals surface area contributed by atoms with Crippen LogP contribution in [0.25, 0.3) is 44.7 Å². The monoisotopic (exact) mass is 1110 g/mol. The van der Waals surface area contributed by atoms with Crippen LogP contribution in [0.5, 0.6) is 0 Å². The highest BCUT2D eigenvalue weighted by molar-refractivity contribution is 6.05. The van der Waals surface area contributed by atoms with Crippen molar-refractivity contribution < 1.29 is 37.4 Å². The Bertz CT molecular complexity index is 3920. The third-order valence-corrected chi connectivity index (χ3v) is 15.1. The summed E-state index contributed by atoms with van der Waals surface area (Å²) in [6.45, 7) is 0. The molecule has 8 N–H and O–H groups in total. The molecule has 2 saturated carbocycles. The number of aliphatic hydroxyl groups excluding tert-OH is 2. The smallest absolute Gasteiger partial charge is 0.267 e. The van der Waals surface area contributed by atoms with E-state index in [-0.39, 0.29) is 69.3 Å². The van der Waals surface area contributed by atoms with Crippen molar-refractivity contribution in [2.24, 2.45) is 0 Å². The fraction of sp³-hybridized carbons (Fsp3) is 0.200. The van der Waals surface area contributed by atoms with Gasteiger partial charge in [0.2, 0.25) is 0 Å². The van der Waals surface area contributed by atoms with E-state index in [4.69, 9.17) is 11.5 Å². The Hall–Kier alpha value is -9.80. The molecule has 0 spiro atoms. The standard InChI is InChI=1S/2C30H26F2N6O3/c2*31-18-5-8-20(9-6-18)37-13-1-2-23(30(37)41)29(40)36-19-7-12-22(25(32)14-19)24-15-26(17-3-10-21(39)11-4-17)38-27(24)28(33)34-16-35-38/h2*1-2,5-9,12-17,21,39H,3-4,10-11H2,(H,36,40)(H2,33,34,35). The second-order valence-electron chi connectivity index (χ2n) is 20.2. The van der Waals surface area contributed by atoms with Crippen molar-refractivity contribution in [2.45, 2.75) is 75.4 Å². The summed E-state index contributed by atoms with van der Waals surface area (Å²) in [5.74, 6) is -2.89. The van der Waals surface area contributed by atoms with E-state index in [1.165, 1.54) is 143 Å². The number of carbonyl (C=O) groups is 2. The molecule has 0 bridgehead atoms. The number of benzene rings is 4. The molecule has 0 aliphatic heterocycles. The van der Waals surface area contributed by atoms with E-state index < -0.39 is 46.2 Å². The highest BCUT2D eigenvalue weighted by Gasteiger charge is 2.29. The number of fused-ring (bicyclic) bond motifs is 2. The number of rotatable bonds is 10. The van der Waals surface area contributed by atoms with Crippen LogP contribution in [0.4, 0.5) is 40.6 Å². The van der Waals surface area contributed by atoms with Crippen molar-refractivity contribution in [2.75, 3.05) is 22.1 Å². The van der Waals surface area contributed by atoms with Crippen LogP contribution in [0.2, 0.25) is 0 Å². The first-order valence-electron chi connectivity index (χ1n) is 26.4. The molecule has 22 heteroatoms. The number of aromatic nitrogens is 8. The van der Waals surface area contributed by atoms with Gasteiger partial charge in [-0.15, -0.1) is 0 Å². The van der Waals surface area contributed by atoms with E-state index in [0.717, 1.165) is 37.1 Å². The maximum atomic E-state index is 15.6. The van der Waals surface area contributed by atoms with E-state index in [9.17, 15) is 38.2 Å². The highest BCUT2D eigenvalue weighted by atomic mass is 19.1. The molecule has 6 heterocycles. The van der Waals surface area contributed by atoms with Gasteiger partial charge in [0.05, 0.1) is 12.2 Å². The van der Waals surface area contributed by atoms with Crippen molar-refractivity contribution in [1.29, 1.82) is 0 Å². The van der Waals surface area contributed by atoms with Crippen LogP contribution >= 0.6 is 0 Å². The quantitative estimate of drug-likeness (QED) is 0.0701. The normalized spacial score (nSPS) is 17.0. The predicted octanol–water partition coefficient (Wildman–Crippen LogP) is 9.36. The zero-order valence-electron chi connectivity index (χ0n) is 43.6. The Balaban J connectivity index is 0.000000172. The average molecular weight is 1110 g/mol. The number of nitrogen functional groups attached to an aromatic ring is 2. The number of hydrogen-bond donors (Lipinski definition) is 6. The largest absolute Gasteiger partial charge is 0.393 e. The predicted molar refractivity (Wildman–Crippen MR) is 300 cm³/mol. The number of nitrogens with zero attached hydrogens (tertiary/aromatic N) is 8. The molecule has 2 aliphatic carbocycles. The minimum atomic E-state index is -0.715. The molecule has 2 aliphatic rings. The lowest BCUT2D eigenvalue weighted by Crippen LogP contribution is -2.27. The highest BCUT2D eigenvalue weighted by Crippen LogP contribution is 2.42. The number of anilines is 4. The number of amides is 2. The van der Waals surface area contributed by atoms with Crippen molar-refractivity contribution in [1.82, 2.24) is 38.3 Å². The summed E-state index contributed by atoms with van der Waals surface area (Å²) < 4.78 is 63.6. The maximum Gasteiger partial charge on any atom is 0.267 e. The lowest BCUT2D eigenvalue weighted by atomic mass is 9.85. The SMILES string of the molecule is Nc1ncnn2c(C3CCC(O)CC3)cc(-c3ccc(NC(=O)c4cccn(-c5ccc(F)cc5)c4=O)cc3F)c12.Nc1ncnn2c(C3CCC(O)CC3)cc(-c3ccc(NC(=O)c4cccn(-c5ccc(F)cc5)c4=O)cc3F)c12. The number of halogens is 4. The first-order valence-corrected chi connectivity index (χ1v) is 26.4. The summed E-state index contributed by atoms with van der Waals surface area (Å²) in [5, 5.41) is 33.8. The van der Waals surface area contributed by atoms with Crippen LogP contribution in [0.3, 0.4) is 0 Å². The van der Waals surface area contributed by atoms with Gasteiger partial charge in [-0.3, -0.25) is 28.3 Å². The van der Waals surface area contributed by atoms with Gasteiger partial charge in [0.1, 0.15) is 58.1 Å². The summed E-state index contributed by atoms with van der Waals surface area (Å²) in [7, 11) is 0. The van der Waals surface area contributed by atoms with Gasteiger partial charge < -0.3 is 32.3 Å². The van der Waals surface area contributed by atoms with Gasteiger partial charge >= 0.3 is 0 Å². The van der Waals surface area contributed by atoms with Crippen molar-refractivity contribution in [3.63, 3.8) is 0 Å². The second-order valence-corrected chi connectivity index (χ2v) is 20.2. The number of hydrogen-bond acceptors (Lipinski definition) is 12. The third-order valence-electron chi connectivity index (χ3n) is 15.1. The van der Waals surface area contributed by atoms with Gasteiger partial charge in [0.25, 0.3) is 22.9 Å². The molecule has 18 nitrogen and oxygen atoms in total. The first-order chi connectivity index (χ1) is 39.6. The van der Waals surface area contributed by atoms with Crippen LogP contribution in [0, 0.1) is 23.3 Å². The molecule has 0 saturated heterocycles. The molecular weight excluding hydrogens is 1060 g/mol. The Morgan fingerprint density at radius 3 is 1.24 bits per heavy atom. The molecular formula is C60H52F4N12O6. The van der Waals surface area contributed by atoms with E-state index >= 15 is 8.78 Å². The molecule has 0 atom stereocenters. The number of aliphatic hydroxyl groups is 2. The molecule has 0 unspecified atom stereocenters. The summed E-state index contributed by atoms with van der Waals surface area (Å²) in [4.78, 5) is 60.2. The first kappa shape index (κ1) is 54.2. The minimum absolute atomic E-state index is 0.125. The molecule has 0 radical (unpaired) electrons. The molecule has 12 rings (SSSR count). The number of nitrogens with two attached hydrogens (primary N) is 2. The Labute approximate surface area is 464 Å². The Morgan fingerprint density at radius 1 is 0.500 bits per heavy atom. The number of nitrogens with one attached hydrogen (secondary N) is 2. The van der Waals surface area contributed by atoms with E-state index in [1.54, 1.807) is 9.03 Å². The van der Waals surface area contributed by atoms with Crippen LogP contribution < -0.4 is 33.2 Å². The molecule has 82 heavy (non-hydrogen) atoms. The maximum absolute atomic E-state index is 15.6. The summed E-state index contributed by atoms with van der Waals surface area (Å²) in [6.07, 6.45) is 10.8. The zero-order chi connectivity index (χ0) is 57.3. The topological polar surface area (TPSA) is 255 Å². The third kappa shape index (κ3) is 10.8. The van der Waals surface area contributed by atoms with Crippen molar-refractivity contribution in [3.05, 3.63) is 213 Å². The fourth-order valence-corrected chi connectivity index (χ4v) is 10.9. The Kier molecular flexibility index (Phi) is 15.0. The van der Waals surface area contributed by atoms with Crippen LogP contribution in [-0.2, 0) is 0 Å². The van der Waals surface area contributed by atoms with Crippen molar-refractivity contribution in [3.8, 4) is 33.6 Å². The minimum Gasteiger partial charge on any atom is -0.393 e. The van der Waals surface area contributed by atoms with Gasteiger partial charge in [-0.05, 0) is 173 Å². The second kappa shape index (κ2) is 22.7. The summed E-state index contributed by atoms with van der Waals surface area (Å²) in [6, 6.07) is 28.6. The molecule has 4 aromatic carbocycles. The van der Waals surface area contributed by atoms with E-state index in [2.05, 4.69) is 30.8 Å².